The van der Waals surface area contributed by atoms with Gasteiger partial charge in [-0.2, -0.15) is 5.26 Å². The number of aromatic nitrogens is 1. The highest BCUT2D eigenvalue weighted by Crippen LogP contribution is 2.21. The number of hydrogen-bond donors (Lipinski definition) is 1. The van der Waals surface area contributed by atoms with Gasteiger partial charge in [-0.3, -0.25) is 9.78 Å². The number of carbonyl (C=O) groups excluding carboxylic acids is 1. The van der Waals surface area contributed by atoms with Crippen molar-refractivity contribution in [1.82, 2.24) is 4.98 Å². The number of pyridine rings is 1. The molecule has 23 heavy (non-hydrogen) atoms. The maximum Gasteiger partial charge on any atom is 0.256 e. The van der Waals surface area contributed by atoms with Gasteiger partial charge in [0.15, 0.2) is 0 Å². The number of fused-ring (bicyclic) bond motifs is 1. The highest BCUT2D eigenvalue weighted by molar-refractivity contribution is 6.12. The minimum Gasteiger partial charge on any atom is -0.322 e. The first-order valence-corrected chi connectivity index (χ1v) is 6.95. The molecule has 5 heteroatoms. The zero-order valence-electron chi connectivity index (χ0n) is 12.3. The number of nitriles is 1. The SMILES string of the molecule is Cc1cc(C(=O)Nc2cccc(C#N)c2)c2ccc(F)cc2n1. The quantitative estimate of drug-likeness (QED) is 0.783. The highest BCUT2D eigenvalue weighted by Gasteiger charge is 2.13. The van der Waals surface area contributed by atoms with Crippen molar-refractivity contribution >= 4 is 22.5 Å². The summed E-state index contributed by atoms with van der Waals surface area (Å²) in [5.74, 6) is -0.731. The molecule has 0 aliphatic heterocycles. The molecule has 112 valence electrons. The van der Waals surface area contributed by atoms with Gasteiger partial charge in [-0.1, -0.05) is 6.07 Å². The molecule has 0 radical (unpaired) electrons. The van der Waals surface area contributed by atoms with Crippen molar-refractivity contribution in [2.24, 2.45) is 0 Å². The third kappa shape index (κ3) is 3.01. The molecule has 2 aromatic carbocycles. The van der Waals surface area contributed by atoms with Crippen LogP contribution in [0, 0.1) is 24.1 Å². The van der Waals surface area contributed by atoms with Gasteiger partial charge in [0.05, 0.1) is 22.7 Å². The van der Waals surface area contributed by atoms with Crippen molar-refractivity contribution in [3.63, 3.8) is 0 Å². The average molecular weight is 305 g/mol. The van der Waals surface area contributed by atoms with E-state index in [2.05, 4.69) is 10.3 Å². The number of aryl methyl sites for hydroxylation is 1. The molecular formula is C18H12FN3O. The Morgan fingerprint density at radius 3 is 2.83 bits per heavy atom. The van der Waals surface area contributed by atoms with Crippen LogP contribution in [-0.2, 0) is 0 Å². The van der Waals surface area contributed by atoms with Crippen LogP contribution in [0.4, 0.5) is 10.1 Å². The first-order chi connectivity index (χ1) is 11.1. The van der Waals surface area contributed by atoms with Gasteiger partial charge in [0.2, 0.25) is 0 Å². The lowest BCUT2D eigenvalue weighted by Crippen LogP contribution is -2.13. The lowest BCUT2D eigenvalue weighted by molar-refractivity contribution is 0.102. The molecule has 0 fully saturated rings. The van der Waals surface area contributed by atoms with E-state index < -0.39 is 5.82 Å². The first kappa shape index (κ1) is 14.7. The van der Waals surface area contributed by atoms with Gasteiger partial charge >= 0.3 is 0 Å². The number of hydrogen-bond acceptors (Lipinski definition) is 3. The molecule has 0 aliphatic carbocycles. The second-order valence-electron chi connectivity index (χ2n) is 5.12. The number of anilines is 1. The minimum absolute atomic E-state index is 0.331. The van der Waals surface area contributed by atoms with Crippen molar-refractivity contribution in [2.75, 3.05) is 5.32 Å². The topological polar surface area (TPSA) is 65.8 Å². The van der Waals surface area contributed by atoms with Crippen molar-refractivity contribution in [1.29, 1.82) is 5.26 Å². The summed E-state index contributed by atoms with van der Waals surface area (Å²) in [5.41, 5.74) is 2.45. The van der Waals surface area contributed by atoms with E-state index >= 15 is 0 Å². The summed E-state index contributed by atoms with van der Waals surface area (Å²) in [6.45, 7) is 1.75. The molecule has 1 aromatic heterocycles. The van der Waals surface area contributed by atoms with Crippen LogP contribution in [0.5, 0.6) is 0 Å². The molecule has 3 aromatic rings. The molecule has 4 nitrogen and oxygen atoms in total. The Labute approximate surface area is 132 Å². The molecule has 1 heterocycles. The fourth-order valence-electron chi connectivity index (χ4n) is 2.39. The normalized spacial score (nSPS) is 10.3. The van der Waals surface area contributed by atoms with Crippen LogP contribution in [0.15, 0.2) is 48.5 Å². The lowest BCUT2D eigenvalue weighted by atomic mass is 10.1. The smallest absolute Gasteiger partial charge is 0.256 e. The van der Waals surface area contributed by atoms with Crippen LogP contribution >= 0.6 is 0 Å². The number of benzene rings is 2. The fourth-order valence-corrected chi connectivity index (χ4v) is 2.39. The Morgan fingerprint density at radius 2 is 2.04 bits per heavy atom. The zero-order chi connectivity index (χ0) is 16.4. The molecule has 0 aliphatic rings. The largest absolute Gasteiger partial charge is 0.322 e. The van der Waals surface area contributed by atoms with E-state index in [0.29, 0.717) is 33.4 Å². The van der Waals surface area contributed by atoms with Gasteiger partial charge in [0.1, 0.15) is 5.82 Å². The van der Waals surface area contributed by atoms with E-state index in [4.69, 9.17) is 5.26 Å². The summed E-state index contributed by atoms with van der Waals surface area (Å²) < 4.78 is 13.4. The second kappa shape index (κ2) is 5.85. The summed E-state index contributed by atoms with van der Waals surface area (Å²) in [7, 11) is 0. The minimum atomic E-state index is -0.399. The van der Waals surface area contributed by atoms with E-state index in [1.807, 2.05) is 6.07 Å². The van der Waals surface area contributed by atoms with E-state index in [0.717, 1.165) is 0 Å². The Balaban J connectivity index is 2.02. The van der Waals surface area contributed by atoms with E-state index in [1.165, 1.54) is 18.2 Å². The number of carbonyl (C=O) groups is 1. The standard InChI is InChI=1S/C18H12FN3O/c1-11-7-16(15-6-5-13(19)9-17(15)21-11)18(23)22-14-4-2-3-12(8-14)10-20/h2-9H,1H3,(H,22,23). The molecule has 0 saturated heterocycles. The van der Waals surface area contributed by atoms with Crippen LogP contribution in [0.2, 0.25) is 0 Å². The Morgan fingerprint density at radius 1 is 1.22 bits per heavy atom. The molecule has 1 amide bonds. The fraction of sp³-hybridized carbons (Fsp3) is 0.0556. The van der Waals surface area contributed by atoms with Crippen LogP contribution in [0.25, 0.3) is 10.9 Å². The van der Waals surface area contributed by atoms with Gasteiger partial charge in [-0.05, 0) is 43.3 Å². The van der Waals surface area contributed by atoms with E-state index in [-0.39, 0.29) is 5.91 Å². The third-order valence-electron chi connectivity index (χ3n) is 3.39. The zero-order valence-corrected chi connectivity index (χ0v) is 12.3. The molecule has 0 bridgehead atoms. The number of nitrogens with zero attached hydrogens (tertiary/aromatic N) is 2. The number of nitrogens with one attached hydrogen (secondary N) is 1. The molecule has 3 rings (SSSR count). The molecule has 0 spiro atoms. The number of halogens is 1. The monoisotopic (exact) mass is 305 g/mol. The van der Waals surface area contributed by atoms with Gasteiger partial charge in [-0.15, -0.1) is 0 Å². The predicted octanol–water partition coefficient (Wildman–Crippen LogP) is 3.81. The Hall–Kier alpha value is -3.26. The van der Waals surface area contributed by atoms with Gasteiger partial charge < -0.3 is 5.32 Å². The van der Waals surface area contributed by atoms with Crippen LogP contribution < -0.4 is 5.32 Å². The first-order valence-electron chi connectivity index (χ1n) is 6.95. The summed E-state index contributed by atoms with van der Waals surface area (Å²) in [5, 5.41) is 12.2. The van der Waals surface area contributed by atoms with Crippen molar-refractivity contribution in [3.05, 3.63) is 71.2 Å². The molecule has 0 saturated carbocycles. The summed E-state index contributed by atoms with van der Waals surface area (Å²) >= 11 is 0. The van der Waals surface area contributed by atoms with E-state index in [9.17, 15) is 9.18 Å². The summed E-state index contributed by atoms with van der Waals surface area (Å²) in [6, 6.07) is 14.5. The molecular weight excluding hydrogens is 293 g/mol. The summed E-state index contributed by atoms with van der Waals surface area (Å²) in [4.78, 5) is 16.8. The molecule has 0 unspecified atom stereocenters. The highest BCUT2D eigenvalue weighted by atomic mass is 19.1. The number of amides is 1. The Kier molecular flexibility index (Phi) is 3.73. The molecule has 0 atom stereocenters. The third-order valence-corrected chi connectivity index (χ3v) is 3.39. The van der Waals surface area contributed by atoms with Crippen LogP contribution in [0.1, 0.15) is 21.6 Å². The van der Waals surface area contributed by atoms with E-state index in [1.54, 1.807) is 37.3 Å². The van der Waals surface area contributed by atoms with Crippen molar-refractivity contribution in [3.8, 4) is 6.07 Å². The maximum absolute atomic E-state index is 13.4. The van der Waals surface area contributed by atoms with Gasteiger partial charge in [-0.25, -0.2) is 4.39 Å². The van der Waals surface area contributed by atoms with Gasteiger partial charge in [0, 0.05) is 22.8 Å². The van der Waals surface area contributed by atoms with Crippen molar-refractivity contribution < 1.29 is 9.18 Å². The maximum atomic E-state index is 13.4. The average Bonchev–Trinajstić information content (AvgIpc) is 2.53. The number of rotatable bonds is 2. The Bertz CT molecular complexity index is 955. The summed E-state index contributed by atoms with van der Waals surface area (Å²) in [6.07, 6.45) is 0. The van der Waals surface area contributed by atoms with Crippen LogP contribution in [-0.4, -0.2) is 10.9 Å². The van der Waals surface area contributed by atoms with Crippen molar-refractivity contribution in [2.45, 2.75) is 6.92 Å². The van der Waals surface area contributed by atoms with Gasteiger partial charge in [0.25, 0.3) is 5.91 Å². The molecule has 1 N–H and O–H groups in total. The second-order valence-corrected chi connectivity index (χ2v) is 5.12. The predicted molar refractivity (Wildman–Crippen MR) is 85.5 cm³/mol. The lowest BCUT2D eigenvalue weighted by Gasteiger charge is -2.09. The van der Waals surface area contributed by atoms with Crippen LogP contribution in [0.3, 0.4) is 0 Å².